The molecule has 1 amide bonds. The Bertz CT molecular complexity index is 695. The maximum absolute atomic E-state index is 12.2. The summed E-state index contributed by atoms with van der Waals surface area (Å²) in [5.41, 5.74) is 0.869. The van der Waals surface area contributed by atoms with Crippen molar-refractivity contribution in [1.82, 2.24) is 0 Å². The fourth-order valence-electron chi connectivity index (χ4n) is 2.03. The molecule has 5 heteroatoms. The Kier molecular flexibility index (Phi) is 6.37. The first-order valence-electron chi connectivity index (χ1n) is 7.92. The number of anilines is 1. The number of ether oxygens (including phenoxy) is 2. The van der Waals surface area contributed by atoms with Crippen molar-refractivity contribution in [2.24, 2.45) is 0 Å². The molecule has 0 bridgehead atoms. The van der Waals surface area contributed by atoms with Crippen LogP contribution in [0.2, 0.25) is 0 Å². The van der Waals surface area contributed by atoms with Crippen LogP contribution in [-0.4, -0.2) is 18.5 Å². The van der Waals surface area contributed by atoms with Crippen LogP contribution in [0.25, 0.3) is 0 Å². The summed E-state index contributed by atoms with van der Waals surface area (Å²) in [6, 6.07) is 13.6. The summed E-state index contributed by atoms with van der Waals surface area (Å²) < 4.78 is 10.9. The first-order chi connectivity index (χ1) is 11.6. The van der Waals surface area contributed by atoms with Crippen LogP contribution in [-0.2, 0) is 4.79 Å². The summed E-state index contributed by atoms with van der Waals surface area (Å²) in [5, 5.41) is 2.63. The van der Waals surface area contributed by atoms with Crippen molar-refractivity contribution >= 4 is 17.6 Å². The van der Waals surface area contributed by atoms with Gasteiger partial charge in [0, 0.05) is 6.92 Å². The molecule has 0 spiro atoms. The second-order valence-corrected chi connectivity index (χ2v) is 5.29. The highest BCUT2D eigenvalue weighted by Gasteiger charge is 2.12. The third-order valence-electron chi connectivity index (χ3n) is 3.26. The summed E-state index contributed by atoms with van der Waals surface area (Å²) in [4.78, 5) is 23.4. The molecule has 2 rings (SSSR count). The number of unbranched alkanes of at least 4 members (excludes halogenated alkanes) is 1. The van der Waals surface area contributed by atoms with Gasteiger partial charge in [0.25, 0.3) is 0 Å². The average molecular weight is 327 g/mol. The third-order valence-corrected chi connectivity index (χ3v) is 3.26. The lowest BCUT2D eigenvalue weighted by molar-refractivity contribution is -0.114. The molecule has 0 unspecified atom stereocenters. The molecule has 0 atom stereocenters. The zero-order chi connectivity index (χ0) is 17.4. The number of esters is 1. The molecule has 24 heavy (non-hydrogen) atoms. The minimum absolute atomic E-state index is 0.230. The molecule has 0 aliphatic rings. The molecule has 0 radical (unpaired) electrons. The Labute approximate surface area is 141 Å². The Morgan fingerprint density at radius 2 is 1.75 bits per heavy atom. The second-order valence-electron chi connectivity index (χ2n) is 5.29. The van der Waals surface area contributed by atoms with E-state index in [2.05, 4.69) is 12.2 Å². The Morgan fingerprint density at radius 3 is 2.42 bits per heavy atom. The smallest absolute Gasteiger partial charge is 0.343 e. The molecule has 126 valence electrons. The van der Waals surface area contributed by atoms with Gasteiger partial charge in [0.2, 0.25) is 5.91 Å². The number of carbonyl (C=O) groups excluding carboxylic acids is 2. The monoisotopic (exact) mass is 327 g/mol. The number of amides is 1. The topological polar surface area (TPSA) is 64.6 Å². The van der Waals surface area contributed by atoms with Crippen LogP contribution >= 0.6 is 0 Å². The van der Waals surface area contributed by atoms with Gasteiger partial charge in [-0.25, -0.2) is 4.79 Å². The molecule has 2 aromatic carbocycles. The number of para-hydroxylation sites is 2. The van der Waals surface area contributed by atoms with E-state index in [1.165, 1.54) is 6.92 Å². The Morgan fingerprint density at radius 1 is 1.04 bits per heavy atom. The average Bonchev–Trinajstić information content (AvgIpc) is 2.57. The van der Waals surface area contributed by atoms with Gasteiger partial charge in [-0.1, -0.05) is 25.5 Å². The maximum Gasteiger partial charge on any atom is 0.343 e. The lowest BCUT2D eigenvalue weighted by atomic mass is 10.2. The van der Waals surface area contributed by atoms with Crippen LogP contribution in [0.1, 0.15) is 37.0 Å². The van der Waals surface area contributed by atoms with Gasteiger partial charge in [-0.2, -0.15) is 0 Å². The fourth-order valence-corrected chi connectivity index (χ4v) is 2.03. The minimum atomic E-state index is -0.493. The van der Waals surface area contributed by atoms with Gasteiger partial charge in [-0.15, -0.1) is 0 Å². The summed E-state index contributed by atoms with van der Waals surface area (Å²) in [6.07, 6.45) is 2.06. The maximum atomic E-state index is 12.2. The van der Waals surface area contributed by atoms with E-state index in [1.807, 2.05) is 0 Å². The fraction of sp³-hybridized carbons (Fsp3) is 0.263. The molecule has 0 fully saturated rings. The SMILES string of the molecule is CCCCOc1ccc(C(=O)Oc2ccccc2NC(C)=O)cc1. The number of hydrogen-bond acceptors (Lipinski definition) is 4. The lowest BCUT2D eigenvalue weighted by Gasteiger charge is -2.10. The highest BCUT2D eigenvalue weighted by atomic mass is 16.5. The van der Waals surface area contributed by atoms with Crippen molar-refractivity contribution < 1.29 is 19.1 Å². The van der Waals surface area contributed by atoms with Crippen LogP contribution < -0.4 is 14.8 Å². The summed E-state index contributed by atoms with van der Waals surface area (Å²) in [7, 11) is 0. The van der Waals surface area contributed by atoms with E-state index in [0.717, 1.165) is 18.6 Å². The lowest BCUT2D eigenvalue weighted by Crippen LogP contribution is -2.12. The van der Waals surface area contributed by atoms with Gasteiger partial charge in [-0.3, -0.25) is 4.79 Å². The number of rotatable bonds is 7. The third kappa shape index (κ3) is 5.12. The van der Waals surface area contributed by atoms with Crippen LogP contribution in [0, 0.1) is 0 Å². The Hall–Kier alpha value is -2.82. The van der Waals surface area contributed by atoms with Gasteiger partial charge in [0.1, 0.15) is 5.75 Å². The minimum Gasteiger partial charge on any atom is -0.494 e. The molecule has 0 aromatic heterocycles. The molecule has 0 aliphatic heterocycles. The van der Waals surface area contributed by atoms with Crippen molar-refractivity contribution in [3.05, 3.63) is 54.1 Å². The molecular weight excluding hydrogens is 306 g/mol. The van der Waals surface area contributed by atoms with Crippen molar-refractivity contribution in [2.45, 2.75) is 26.7 Å². The number of carbonyl (C=O) groups is 2. The van der Waals surface area contributed by atoms with Crippen LogP contribution in [0.3, 0.4) is 0 Å². The molecule has 0 saturated heterocycles. The van der Waals surface area contributed by atoms with Crippen LogP contribution in [0.15, 0.2) is 48.5 Å². The molecule has 0 aliphatic carbocycles. The largest absolute Gasteiger partial charge is 0.494 e. The van der Waals surface area contributed by atoms with Gasteiger partial charge in [0.15, 0.2) is 5.75 Å². The van der Waals surface area contributed by atoms with Crippen LogP contribution in [0.4, 0.5) is 5.69 Å². The predicted molar refractivity (Wildman–Crippen MR) is 92.5 cm³/mol. The zero-order valence-electron chi connectivity index (χ0n) is 13.9. The zero-order valence-corrected chi connectivity index (χ0v) is 13.9. The van der Waals surface area contributed by atoms with E-state index < -0.39 is 5.97 Å². The van der Waals surface area contributed by atoms with Crippen molar-refractivity contribution in [2.75, 3.05) is 11.9 Å². The van der Waals surface area contributed by atoms with Gasteiger partial charge >= 0.3 is 5.97 Å². The van der Waals surface area contributed by atoms with E-state index in [1.54, 1.807) is 48.5 Å². The summed E-state index contributed by atoms with van der Waals surface area (Å²) in [5.74, 6) is 0.305. The summed E-state index contributed by atoms with van der Waals surface area (Å²) >= 11 is 0. The second kappa shape index (κ2) is 8.72. The van der Waals surface area contributed by atoms with E-state index in [-0.39, 0.29) is 5.91 Å². The van der Waals surface area contributed by atoms with Crippen molar-refractivity contribution in [3.8, 4) is 11.5 Å². The molecule has 0 heterocycles. The molecular formula is C19H21NO4. The van der Waals surface area contributed by atoms with Gasteiger partial charge in [-0.05, 0) is 42.8 Å². The van der Waals surface area contributed by atoms with Gasteiger partial charge < -0.3 is 14.8 Å². The molecule has 1 N–H and O–H groups in total. The van der Waals surface area contributed by atoms with Crippen LogP contribution in [0.5, 0.6) is 11.5 Å². The highest BCUT2D eigenvalue weighted by molar-refractivity contribution is 5.94. The number of nitrogens with one attached hydrogen (secondary N) is 1. The first kappa shape index (κ1) is 17.5. The van der Waals surface area contributed by atoms with Crippen molar-refractivity contribution in [1.29, 1.82) is 0 Å². The van der Waals surface area contributed by atoms with Crippen molar-refractivity contribution in [3.63, 3.8) is 0 Å². The normalized spacial score (nSPS) is 10.1. The first-order valence-corrected chi connectivity index (χ1v) is 7.92. The highest BCUT2D eigenvalue weighted by Crippen LogP contribution is 2.25. The number of benzene rings is 2. The Balaban J connectivity index is 2.03. The standard InChI is InChI=1S/C19H21NO4/c1-3-4-13-23-16-11-9-15(10-12-16)19(22)24-18-8-6-5-7-17(18)20-14(2)21/h5-12H,3-4,13H2,1-2H3,(H,20,21). The van der Waals surface area contributed by atoms with E-state index in [4.69, 9.17) is 9.47 Å². The van der Waals surface area contributed by atoms with E-state index in [9.17, 15) is 9.59 Å². The predicted octanol–water partition coefficient (Wildman–Crippen LogP) is 4.04. The van der Waals surface area contributed by atoms with Gasteiger partial charge in [0.05, 0.1) is 17.9 Å². The van der Waals surface area contributed by atoms with E-state index in [0.29, 0.717) is 23.6 Å². The molecule has 0 saturated carbocycles. The quantitative estimate of drug-likeness (QED) is 0.473. The molecule has 2 aromatic rings. The van der Waals surface area contributed by atoms with E-state index >= 15 is 0 Å². The molecule has 5 nitrogen and oxygen atoms in total. The summed E-state index contributed by atoms with van der Waals surface area (Å²) in [6.45, 7) is 4.15. The number of hydrogen-bond donors (Lipinski definition) is 1.